The molecule has 0 aliphatic heterocycles. The van der Waals surface area contributed by atoms with Crippen LogP contribution in [0.2, 0.25) is 5.02 Å². The summed E-state index contributed by atoms with van der Waals surface area (Å²) in [5, 5.41) is 4.43. The highest BCUT2D eigenvalue weighted by Gasteiger charge is 2.20. The fourth-order valence-corrected chi connectivity index (χ4v) is 3.50. The van der Waals surface area contributed by atoms with Crippen LogP contribution in [0, 0.1) is 5.92 Å². The van der Waals surface area contributed by atoms with Gasteiger partial charge >= 0.3 is 0 Å². The Balaban J connectivity index is 2.12. The molecule has 1 aliphatic rings. The molecule has 21 heavy (non-hydrogen) atoms. The number of rotatable bonds is 5. The number of nitrogens with one attached hydrogen (secondary N) is 1. The van der Waals surface area contributed by atoms with Crippen molar-refractivity contribution in [1.29, 1.82) is 0 Å². The molecule has 1 aromatic rings. The summed E-state index contributed by atoms with van der Waals surface area (Å²) in [5.74, 6) is 0.828. The summed E-state index contributed by atoms with van der Waals surface area (Å²) >= 11 is 6.49. The Morgan fingerprint density at radius 2 is 1.90 bits per heavy atom. The van der Waals surface area contributed by atoms with E-state index >= 15 is 0 Å². The van der Waals surface area contributed by atoms with E-state index in [1.54, 1.807) is 0 Å². The van der Waals surface area contributed by atoms with Crippen molar-refractivity contribution in [3.63, 3.8) is 0 Å². The van der Waals surface area contributed by atoms with Crippen LogP contribution < -0.4 is 10.2 Å². The van der Waals surface area contributed by atoms with Gasteiger partial charge in [-0.25, -0.2) is 0 Å². The number of benzene rings is 1. The van der Waals surface area contributed by atoms with Gasteiger partial charge in [0, 0.05) is 25.7 Å². The van der Waals surface area contributed by atoms with Crippen LogP contribution in [-0.4, -0.2) is 19.1 Å². The molecule has 0 saturated heterocycles. The lowest BCUT2D eigenvalue weighted by Gasteiger charge is -2.28. The van der Waals surface area contributed by atoms with E-state index in [1.165, 1.54) is 36.9 Å². The van der Waals surface area contributed by atoms with E-state index in [0.29, 0.717) is 0 Å². The van der Waals surface area contributed by atoms with E-state index in [1.807, 2.05) is 6.07 Å². The van der Waals surface area contributed by atoms with Gasteiger partial charge in [0.25, 0.3) is 0 Å². The van der Waals surface area contributed by atoms with Gasteiger partial charge in [-0.15, -0.1) is 0 Å². The molecule has 1 fully saturated rings. The van der Waals surface area contributed by atoms with E-state index in [4.69, 9.17) is 11.6 Å². The summed E-state index contributed by atoms with van der Waals surface area (Å²) in [7, 11) is 2.18. The quantitative estimate of drug-likeness (QED) is 0.836. The molecule has 1 N–H and O–H groups in total. The van der Waals surface area contributed by atoms with Crippen molar-refractivity contribution in [3.05, 3.63) is 28.8 Å². The molecule has 2 rings (SSSR count). The molecule has 3 heteroatoms. The maximum absolute atomic E-state index is 6.49. The minimum Gasteiger partial charge on any atom is -0.373 e. The zero-order valence-electron chi connectivity index (χ0n) is 13.9. The zero-order valence-corrected chi connectivity index (χ0v) is 14.6. The smallest absolute Gasteiger partial charge is 0.0642 e. The first kappa shape index (κ1) is 16.6. The normalized spacial score (nSPS) is 16.4. The zero-order chi connectivity index (χ0) is 15.5. The van der Waals surface area contributed by atoms with Crippen LogP contribution in [-0.2, 0) is 6.54 Å². The molecule has 0 atom stereocenters. The molecule has 1 aliphatic carbocycles. The Hall–Kier alpha value is -0.730. The van der Waals surface area contributed by atoms with Crippen LogP contribution in [0.3, 0.4) is 0 Å². The van der Waals surface area contributed by atoms with Crippen molar-refractivity contribution in [3.8, 4) is 0 Å². The number of nitrogens with zero attached hydrogens (tertiary/aromatic N) is 1. The fraction of sp³-hybridized carbons (Fsp3) is 0.667. The molecular formula is C18H29ClN2. The number of para-hydroxylation sites is 1. The van der Waals surface area contributed by atoms with Crippen molar-refractivity contribution in [2.75, 3.05) is 18.5 Å². The van der Waals surface area contributed by atoms with Gasteiger partial charge in [-0.2, -0.15) is 0 Å². The lowest BCUT2D eigenvalue weighted by molar-refractivity contribution is 0.424. The van der Waals surface area contributed by atoms with Crippen LogP contribution >= 0.6 is 11.6 Å². The van der Waals surface area contributed by atoms with Crippen LogP contribution in [0.4, 0.5) is 5.69 Å². The van der Waals surface area contributed by atoms with Gasteiger partial charge < -0.3 is 10.2 Å². The van der Waals surface area contributed by atoms with E-state index < -0.39 is 0 Å². The second kappa shape index (κ2) is 7.02. The number of halogens is 1. The predicted octanol–water partition coefficient (Wildman–Crippen LogP) is 4.85. The van der Waals surface area contributed by atoms with Crippen LogP contribution in [0.15, 0.2) is 18.2 Å². The number of hydrogen-bond donors (Lipinski definition) is 1. The molecule has 0 spiro atoms. The Kier molecular flexibility index (Phi) is 5.56. The van der Waals surface area contributed by atoms with E-state index in [-0.39, 0.29) is 5.54 Å². The van der Waals surface area contributed by atoms with Gasteiger partial charge in [0.1, 0.15) is 0 Å². The Bertz CT molecular complexity index is 459. The summed E-state index contributed by atoms with van der Waals surface area (Å²) in [5.41, 5.74) is 2.60. The third-order valence-corrected chi connectivity index (χ3v) is 4.57. The first-order valence-electron chi connectivity index (χ1n) is 8.10. The van der Waals surface area contributed by atoms with Crippen molar-refractivity contribution in [2.45, 2.75) is 58.5 Å². The third kappa shape index (κ3) is 4.89. The van der Waals surface area contributed by atoms with Crippen molar-refractivity contribution >= 4 is 17.3 Å². The molecule has 118 valence electrons. The van der Waals surface area contributed by atoms with Gasteiger partial charge in [-0.1, -0.05) is 36.6 Å². The maximum atomic E-state index is 6.49. The lowest BCUT2D eigenvalue weighted by atomic mass is 10.1. The van der Waals surface area contributed by atoms with Crippen molar-refractivity contribution in [1.82, 2.24) is 5.32 Å². The molecule has 2 nitrogen and oxygen atoms in total. The summed E-state index contributed by atoms with van der Waals surface area (Å²) in [6.45, 7) is 8.55. The fourth-order valence-electron chi connectivity index (χ4n) is 3.16. The highest BCUT2D eigenvalue weighted by molar-refractivity contribution is 6.33. The predicted molar refractivity (Wildman–Crippen MR) is 93.3 cm³/mol. The third-order valence-electron chi connectivity index (χ3n) is 4.27. The van der Waals surface area contributed by atoms with Gasteiger partial charge in [0.2, 0.25) is 0 Å². The Labute approximate surface area is 134 Å². The lowest BCUT2D eigenvalue weighted by Crippen LogP contribution is -2.35. The van der Waals surface area contributed by atoms with E-state index in [0.717, 1.165) is 24.0 Å². The number of hydrogen-bond acceptors (Lipinski definition) is 2. The second-order valence-electron chi connectivity index (χ2n) is 7.38. The van der Waals surface area contributed by atoms with Crippen LogP contribution in [0.5, 0.6) is 0 Å². The highest BCUT2D eigenvalue weighted by atomic mass is 35.5. The maximum Gasteiger partial charge on any atom is 0.0642 e. The minimum atomic E-state index is 0.115. The molecule has 1 saturated carbocycles. The van der Waals surface area contributed by atoms with E-state index in [9.17, 15) is 0 Å². The molecular weight excluding hydrogens is 280 g/mol. The first-order valence-corrected chi connectivity index (χ1v) is 8.48. The molecule has 0 unspecified atom stereocenters. The molecule has 0 heterocycles. The summed E-state index contributed by atoms with van der Waals surface area (Å²) in [6, 6.07) is 6.24. The highest BCUT2D eigenvalue weighted by Crippen LogP contribution is 2.32. The summed E-state index contributed by atoms with van der Waals surface area (Å²) < 4.78 is 0. The molecule has 0 bridgehead atoms. The summed E-state index contributed by atoms with van der Waals surface area (Å²) in [4.78, 5) is 2.36. The molecule has 1 aromatic carbocycles. The Morgan fingerprint density at radius 1 is 1.24 bits per heavy atom. The molecule has 0 amide bonds. The first-order chi connectivity index (χ1) is 9.87. The van der Waals surface area contributed by atoms with Gasteiger partial charge in [-0.3, -0.25) is 0 Å². The SMILES string of the molecule is CN(CC1CCCC1)c1c(Cl)cccc1CNC(C)(C)C. The topological polar surface area (TPSA) is 15.3 Å². The van der Waals surface area contributed by atoms with Crippen LogP contribution in [0.25, 0.3) is 0 Å². The summed E-state index contributed by atoms with van der Waals surface area (Å²) in [6.07, 6.45) is 5.51. The average molecular weight is 309 g/mol. The van der Waals surface area contributed by atoms with Gasteiger partial charge in [0.15, 0.2) is 0 Å². The number of anilines is 1. The van der Waals surface area contributed by atoms with Crippen molar-refractivity contribution in [2.24, 2.45) is 5.92 Å². The molecule has 0 aromatic heterocycles. The molecule has 0 radical (unpaired) electrons. The minimum absolute atomic E-state index is 0.115. The Morgan fingerprint density at radius 3 is 2.52 bits per heavy atom. The van der Waals surface area contributed by atoms with Gasteiger partial charge in [0.05, 0.1) is 10.7 Å². The monoisotopic (exact) mass is 308 g/mol. The average Bonchev–Trinajstić information content (AvgIpc) is 2.88. The van der Waals surface area contributed by atoms with Crippen LogP contribution in [0.1, 0.15) is 52.0 Å². The standard InChI is InChI=1S/C18H29ClN2/c1-18(2,3)20-12-15-10-7-11-16(19)17(15)21(4)13-14-8-5-6-9-14/h7,10-11,14,20H,5-6,8-9,12-13H2,1-4H3. The largest absolute Gasteiger partial charge is 0.373 e. The second-order valence-corrected chi connectivity index (χ2v) is 7.79. The van der Waals surface area contributed by atoms with E-state index in [2.05, 4.69) is 50.2 Å². The van der Waals surface area contributed by atoms with Crippen molar-refractivity contribution < 1.29 is 0 Å². The van der Waals surface area contributed by atoms with Gasteiger partial charge in [-0.05, 0) is 51.2 Å².